The molecule has 64 valence electrons. The third kappa shape index (κ3) is 1.39. The number of hydrogen-bond acceptors (Lipinski definition) is 3. The van der Waals surface area contributed by atoms with Crippen LogP contribution in [0.4, 0.5) is 0 Å². The summed E-state index contributed by atoms with van der Waals surface area (Å²) in [5, 5.41) is 9.15. The third-order valence-corrected chi connectivity index (χ3v) is 1.61. The summed E-state index contributed by atoms with van der Waals surface area (Å²) in [6, 6.07) is 0. The highest BCUT2D eigenvalue weighted by Gasteiger charge is 2.17. The van der Waals surface area contributed by atoms with Crippen LogP contribution in [0.1, 0.15) is 6.92 Å². The summed E-state index contributed by atoms with van der Waals surface area (Å²) < 4.78 is 4.52. The minimum absolute atomic E-state index is 0.125. The molecule has 0 aromatic heterocycles. The highest BCUT2D eigenvalue weighted by Crippen LogP contribution is 2.21. The topological polar surface area (TPSA) is 46.5 Å². The maximum Gasteiger partial charge on any atom is 0.338 e. The Morgan fingerprint density at radius 1 is 1.58 bits per heavy atom. The zero-order chi connectivity index (χ0) is 9.14. The second kappa shape index (κ2) is 3.26. The lowest BCUT2D eigenvalue weighted by Gasteiger charge is -2.02. The molecular formula is C9H10O3. The monoisotopic (exact) mass is 166 g/mol. The fraction of sp³-hybridized carbons (Fsp3) is 0.222. The fourth-order valence-electron chi connectivity index (χ4n) is 1.02. The van der Waals surface area contributed by atoms with Gasteiger partial charge < -0.3 is 9.84 Å². The molecule has 3 nitrogen and oxygen atoms in total. The van der Waals surface area contributed by atoms with Crippen molar-refractivity contribution < 1.29 is 14.6 Å². The lowest BCUT2D eigenvalue weighted by molar-refractivity contribution is -0.135. The maximum atomic E-state index is 11.1. The number of aliphatic hydroxyl groups excluding tert-OH is 1. The molecule has 0 aromatic carbocycles. The summed E-state index contributed by atoms with van der Waals surface area (Å²) in [5.74, 6) is -0.302. The van der Waals surface area contributed by atoms with Crippen LogP contribution in [0.15, 0.2) is 35.1 Å². The first-order valence-electron chi connectivity index (χ1n) is 3.53. The Balaban J connectivity index is 2.97. The van der Waals surface area contributed by atoms with Crippen LogP contribution < -0.4 is 0 Å². The van der Waals surface area contributed by atoms with Crippen molar-refractivity contribution in [2.75, 3.05) is 7.11 Å². The van der Waals surface area contributed by atoms with Crippen LogP contribution in [0.2, 0.25) is 0 Å². The largest absolute Gasteiger partial charge is 0.512 e. The quantitative estimate of drug-likeness (QED) is 0.474. The van der Waals surface area contributed by atoms with Gasteiger partial charge in [0.15, 0.2) is 0 Å². The lowest BCUT2D eigenvalue weighted by Crippen LogP contribution is -2.05. The van der Waals surface area contributed by atoms with Gasteiger partial charge in [0.1, 0.15) is 0 Å². The van der Waals surface area contributed by atoms with Crippen LogP contribution in [0.3, 0.4) is 0 Å². The molecule has 0 heterocycles. The molecule has 0 aromatic rings. The van der Waals surface area contributed by atoms with E-state index in [0.717, 1.165) is 0 Å². The number of allylic oxidation sites excluding steroid dienone is 4. The molecule has 3 heteroatoms. The predicted octanol–water partition coefficient (Wildman–Crippen LogP) is 1.49. The van der Waals surface area contributed by atoms with Gasteiger partial charge in [-0.05, 0) is 13.0 Å². The van der Waals surface area contributed by atoms with Gasteiger partial charge in [-0.2, -0.15) is 0 Å². The van der Waals surface area contributed by atoms with Crippen LogP contribution in [0, 0.1) is 0 Å². The van der Waals surface area contributed by atoms with Crippen molar-refractivity contribution in [3.8, 4) is 0 Å². The van der Waals surface area contributed by atoms with Crippen LogP contribution >= 0.6 is 0 Å². The SMILES string of the molecule is COC(=O)C1=CC=C/C1=C(\C)O. The average Bonchev–Trinajstić information content (AvgIpc) is 2.50. The van der Waals surface area contributed by atoms with Gasteiger partial charge in [-0.3, -0.25) is 0 Å². The molecule has 0 unspecified atom stereocenters. The molecule has 0 amide bonds. The molecule has 1 aliphatic carbocycles. The summed E-state index contributed by atoms with van der Waals surface area (Å²) in [4.78, 5) is 11.1. The molecule has 0 bridgehead atoms. The van der Waals surface area contributed by atoms with Gasteiger partial charge in [0.25, 0.3) is 0 Å². The van der Waals surface area contributed by atoms with Crippen molar-refractivity contribution in [3.05, 3.63) is 35.1 Å². The molecule has 1 aliphatic rings. The van der Waals surface area contributed by atoms with Crippen molar-refractivity contribution in [2.24, 2.45) is 0 Å². The number of aliphatic hydroxyl groups is 1. The van der Waals surface area contributed by atoms with Crippen molar-refractivity contribution in [1.29, 1.82) is 0 Å². The molecule has 0 atom stereocenters. The summed E-state index contributed by atoms with van der Waals surface area (Å²) in [6.07, 6.45) is 4.98. The van der Waals surface area contributed by atoms with E-state index >= 15 is 0 Å². The van der Waals surface area contributed by atoms with E-state index in [1.807, 2.05) is 0 Å². The van der Waals surface area contributed by atoms with Crippen LogP contribution in [0.25, 0.3) is 0 Å². The summed E-state index contributed by atoms with van der Waals surface area (Å²) in [6.45, 7) is 1.53. The van der Waals surface area contributed by atoms with Crippen LogP contribution in [-0.2, 0) is 9.53 Å². The number of methoxy groups -OCH3 is 1. The molecule has 0 radical (unpaired) electrons. The first-order valence-corrected chi connectivity index (χ1v) is 3.53. The van der Waals surface area contributed by atoms with Crippen molar-refractivity contribution >= 4 is 5.97 Å². The number of esters is 1. The van der Waals surface area contributed by atoms with E-state index in [1.54, 1.807) is 18.2 Å². The average molecular weight is 166 g/mol. The first-order chi connectivity index (χ1) is 5.66. The van der Waals surface area contributed by atoms with Crippen molar-refractivity contribution in [3.63, 3.8) is 0 Å². The molecule has 1 rings (SSSR count). The Hall–Kier alpha value is -1.51. The Bertz CT molecular complexity index is 291. The standard InChI is InChI=1S/C9H10O3/c1-6(10)7-4-3-5-8(7)9(11)12-2/h3-5,10H,1-2H3/b7-6-. The second-order valence-corrected chi connectivity index (χ2v) is 2.43. The first kappa shape index (κ1) is 8.59. The lowest BCUT2D eigenvalue weighted by atomic mass is 10.1. The fourth-order valence-corrected chi connectivity index (χ4v) is 1.02. The summed E-state index contributed by atoms with van der Waals surface area (Å²) in [7, 11) is 1.31. The van der Waals surface area contributed by atoms with Gasteiger partial charge >= 0.3 is 5.97 Å². The minimum Gasteiger partial charge on any atom is -0.512 e. The molecule has 12 heavy (non-hydrogen) atoms. The zero-order valence-electron chi connectivity index (χ0n) is 7.00. The van der Waals surface area contributed by atoms with Gasteiger partial charge in [-0.25, -0.2) is 4.79 Å². The molecule has 0 spiro atoms. The smallest absolute Gasteiger partial charge is 0.338 e. The van der Waals surface area contributed by atoms with E-state index in [9.17, 15) is 4.79 Å². The van der Waals surface area contributed by atoms with E-state index in [-0.39, 0.29) is 5.76 Å². The highest BCUT2D eigenvalue weighted by molar-refractivity contribution is 5.96. The van der Waals surface area contributed by atoms with Crippen molar-refractivity contribution in [1.82, 2.24) is 0 Å². The van der Waals surface area contributed by atoms with Gasteiger partial charge in [-0.1, -0.05) is 12.2 Å². The molecule has 1 N–H and O–H groups in total. The molecule has 0 saturated heterocycles. The molecule has 0 fully saturated rings. The minimum atomic E-state index is -0.427. The van der Waals surface area contributed by atoms with Gasteiger partial charge in [0.2, 0.25) is 0 Å². The van der Waals surface area contributed by atoms with Gasteiger partial charge in [0.05, 0.1) is 18.4 Å². The number of rotatable bonds is 1. The van der Waals surface area contributed by atoms with Crippen LogP contribution in [-0.4, -0.2) is 18.2 Å². The third-order valence-electron chi connectivity index (χ3n) is 1.61. The van der Waals surface area contributed by atoms with E-state index in [0.29, 0.717) is 11.1 Å². The van der Waals surface area contributed by atoms with E-state index in [4.69, 9.17) is 5.11 Å². The van der Waals surface area contributed by atoms with Crippen LogP contribution in [0.5, 0.6) is 0 Å². The Morgan fingerprint density at radius 2 is 2.25 bits per heavy atom. The van der Waals surface area contributed by atoms with Gasteiger partial charge in [0, 0.05) is 5.57 Å². The molecule has 0 aliphatic heterocycles. The normalized spacial score (nSPS) is 19.0. The Labute approximate surface area is 70.7 Å². The Morgan fingerprint density at radius 3 is 2.75 bits per heavy atom. The van der Waals surface area contributed by atoms with E-state index < -0.39 is 5.97 Å². The number of carbonyl (C=O) groups is 1. The summed E-state index contributed by atoms with van der Waals surface area (Å²) in [5.41, 5.74) is 0.930. The van der Waals surface area contributed by atoms with E-state index in [1.165, 1.54) is 14.0 Å². The highest BCUT2D eigenvalue weighted by atomic mass is 16.5. The number of ether oxygens (including phenoxy) is 1. The second-order valence-electron chi connectivity index (χ2n) is 2.43. The maximum absolute atomic E-state index is 11.1. The van der Waals surface area contributed by atoms with E-state index in [2.05, 4.69) is 4.74 Å². The Kier molecular flexibility index (Phi) is 2.33. The van der Waals surface area contributed by atoms with Gasteiger partial charge in [-0.15, -0.1) is 0 Å². The molecule has 0 saturated carbocycles. The molecular weight excluding hydrogens is 156 g/mol. The zero-order valence-corrected chi connectivity index (χ0v) is 7.00. The summed E-state index contributed by atoms with van der Waals surface area (Å²) >= 11 is 0. The predicted molar refractivity (Wildman–Crippen MR) is 44.6 cm³/mol. The van der Waals surface area contributed by atoms with Crippen molar-refractivity contribution in [2.45, 2.75) is 6.92 Å². The number of hydrogen-bond donors (Lipinski definition) is 1. The number of carbonyl (C=O) groups excluding carboxylic acids is 1.